The van der Waals surface area contributed by atoms with Gasteiger partial charge in [-0.15, -0.1) is 0 Å². The van der Waals surface area contributed by atoms with Crippen molar-refractivity contribution >= 4 is 24.8 Å². The molecule has 0 aliphatic carbocycles. The van der Waals surface area contributed by atoms with Crippen LogP contribution in [0.1, 0.15) is 19.6 Å². The largest absolute Gasteiger partial charge is 0.469 e. The zero-order valence-electron chi connectivity index (χ0n) is 16.6. The van der Waals surface area contributed by atoms with Gasteiger partial charge in [0.05, 0.1) is 31.7 Å². The Balaban J connectivity index is 0.000000366. The number of aliphatic hydroxyl groups excluding tert-OH is 4. The predicted molar refractivity (Wildman–Crippen MR) is 105 cm³/mol. The smallest absolute Gasteiger partial charge is 0.394 e. The van der Waals surface area contributed by atoms with Crippen LogP contribution < -0.4 is 11.5 Å². The van der Waals surface area contributed by atoms with Crippen LogP contribution in [0.3, 0.4) is 0 Å². The first-order valence-corrected chi connectivity index (χ1v) is 10.6. The summed E-state index contributed by atoms with van der Waals surface area (Å²) in [6.45, 7) is 0.926. The lowest BCUT2D eigenvalue weighted by atomic mass is 10.0. The Morgan fingerprint density at radius 3 is 2.39 bits per heavy atom. The van der Waals surface area contributed by atoms with Gasteiger partial charge in [-0.1, -0.05) is 6.92 Å². The van der Waals surface area contributed by atoms with Crippen LogP contribution in [-0.2, 0) is 13.8 Å². The molecule has 31 heavy (non-hydrogen) atoms. The van der Waals surface area contributed by atoms with Crippen LogP contribution in [-0.4, -0.2) is 93.4 Å². The zero-order chi connectivity index (χ0) is 23.4. The van der Waals surface area contributed by atoms with Gasteiger partial charge in [-0.25, -0.2) is 19.5 Å². The summed E-state index contributed by atoms with van der Waals surface area (Å²) in [5, 5.41) is 37.1. The summed E-state index contributed by atoms with van der Waals surface area (Å²) >= 11 is 0. The molecule has 0 aromatic carbocycles. The minimum atomic E-state index is -4.72. The number of nitrogens with zero attached hydrogens (tertiary/aromatic N) is 4. The number of hydrogen-bond acceptors (Lipinski definition) is 12. The van der Waals surface area contributed by atoms with E-state index in [2.05, 4.69) is 19.5 Å². The molecular formula is C15H27N6O9P. The Morgan fingerprint density at radius 1 is 1.23 bits per heavy atom. The molecule has 1 aliphatic rings. The standard InChI is InChI=1S/C10H14N5O7P.C5H13NO2/c11-8-5-9(13-2-12-8)15(3-14-5)10-7(17)6(16)4(22-10)1-21-23(18,19)20;1-2-5(6,3-7)4-8/h2-4,6-7,10,16-17H,1H2,(H2,11,12,13)(H2,18,19,20);7-8H,2-4,6H2,1H3/t4-,6-,7-,10-;/m1./s1. The number of phosphoric ester groups is 1. The average molecular weight is 466 g/mol. The molecule has 0 radical (unpaired) electrons. The lowest BCUT2D eigenvalue weighted by Crippen LogP contribution is -2.46. The summed E-state index contributed by atoms with van der Waals surface area (Å²) < 4.78 is 21.8. The van der Waals surface area contributed by atoms with E-state index in [0.717, 1.165) is 0 Å². The number of fused-ring (bicyclic) bond motifs is 1. The second-order valence-corrected chi connectivity index (χ2v) is 8.19. The molecule has 0 bridgehead atoms. The number of anilines is 1. The minimum Gasteiger partial charge on any atom is -0.394 e. The summed E-state index contributed by atoms with van der Waals surface area (Å²) in [6.07, 6.45) is -1.89. The van der Waals surface area contributed by atoms with Crippen LogP contribution >= 0.6 is 7.82 Å². The lowest BCUT2D eigenvalue weighted by molar-refractivity contribution is -0.0504. The fourth-order valence-corrected chi connectivity index (χ4v) is 2.94. The molecule has 0 amide bonds. The van der Waals surface area contributed by atoms with E-state index < -0.39 is 44.5 Å². The molecule has 2 aromatic heterocycles. The first kappa shape index (κ1) is 25.5. The number of hydrogen-bond donors (Lipinski definition) is 8. The minimum absolute atomic E-state index is 0.142. The normalized spacial score (nSPS) is 24.3. The highest BCUT2D eigenvalue weighted by molar-refractivity contribution is 7.46. The predicted octanol–water partition coefficient (Wildman–Crippen LogP) is -2.78. The molecule has 1 aliphatic heterocycles. The first-order valence-electron chi connectivity index (χ1n) is 9.11. The van der Waals surface area contributed by atoms with Gasteiger partial charge < -0.3 is 46.4 Å². The van der Waals surface area contributed by atoms with Gasteiger partial charge in [0, 0.05) is 0 Å². The van der Waals surface area contributed by atoms with Crippen LogP contribution in [0.2, 0.25) is 0 Å². The summed E-state index contributed by atoms with van der Waals surface area (Å²) in [5.41, 5.74) is 10.9. The third kappa shape index (κ3) is 6.14. The molecule has 16 heteroatoms. The van der Waals surface area contributed by atoms with E-state index in [-0.39, 0.29) is 24.7 Å². The van der Waals surface area contributed by atoms with Gasteiger partial charge in [0.15, 0.2) is 17.7 Å². The van der Waals surface area contributed by atoms with E-state index in [1.54, 1.807) is 0 Å². The Morgan fingerprint density at radius 2 is 1.87 bits per heavy atom. The van der Waals surface area contributed by atoms with Gasteiger partial charge in [0.25, 0.3) is 0 Å². The molecule has 1 saturated heterocycles. The maximum atomic E-state index is 10.7. The van der Waals surface area contributed by atoms with Crippen LogP contribution in [0.4, 0.5) is 5.82 Å². The van der Waals surface area contributed by atoms with Crippen molar-refractivity contribution in [3.05, 3.63) is 12.7 Å². The van der Waals surface area contributed by atoms with Crippen molar-refractivity contribution in [3.63, 3.8) is 0 Å². The molecule has 4 atom stereocenters. The van der Waals surface area contributed by atoms with Gasteiger partial charge in [0.1, 0.15) is 30.2 Å². The Bertz CT molecular complexity index is 896. The van der Waals surface area contributed by atoms with Crippen molar-refractivity contribution in [1.82, 2.24) is 19.5 Å². The molecule has 3 heterocycles. The maximum absolute atomic E-state index is 10.7. The topological polar surface area (TPSA) is 253 Å². The highest BCUT2D eigenvalue weighted by Crippen LogP contribution is 2.38. The van der Waals surface area contributed by atoms with E-state index in [0.29, 0.717) is 11.9 Å². The van der Waals surface area contributed by atoms with E-state index in [1.807, 2.05) is 6.92 Å². The van der Waals surface area contributed by atoms with Crippen molar-refractivity contribution in [2.45, 2.75) is 43.4 Å². The second kappa shape index (κ2) is 10.2. The fourth-order valence-electron chi connectivity index (χ4n) is 2.60. The van der Waals surface area contributed by atoms with Gasteiger partial charge in [-0.3, -0.25) is 9.09 Å². The second-order valence-electron chi connectivity index (χ2n) is 6.95. The summed E-state index contributed by atoms with van der Waals surface area (Å²) in [4.78, 5) is 29.2. The average Bonchev–Trinajstić information content (AvgIpc) is 3.28. The molecule has 1 fully saturated rings. The van der Waals surface area contributed by atoms with E-state index in [9.17, 15) is 14.8 Å². The molecular weight excluding hydrogens is 439 g/mol. The summed E-state index contributed by atoms with van der Waals surface area (Å²) in [7, 11) is -4.72. The van der Waals surface area contributed by atoms with Crippen LogP contribution in [0.5, 0.6) is 0 Å². The van der Waals surface area contributed by atoms with Crippen molar-refractivity contribution in [3.8, 4) is 0 Å². The summed E-state index contributed by atoms with van der Waals surface area (Å²) in [6, 6.07) is 0. The molecule has 0 saturated carbocycles. The molecule has 15 nitrogen and oxygen atoms in total. The number of nitrogens with two attached hydrogens (primary N) is 2. The molecule has 0 spiro atoms. The van der Waals surface area contributed by atoms with Crippen molar-refractivity contribution in [2.75, 3.05) is 25.6 Å². The van der Waals surface area contributed by atoms with Crippen molar-refractivity contribution in [2.24, 2.45) is 5.73 Å². The van der Waals surface area contributed by atoms with Crippen molar-refractivity contribution in [1.29, 1.82) is 0 Å². The zero-order valence-corrected chi connectivity index (χ0v) is 17.5. The first-order chi connectivity index (χ1) is 14.5. The number of rotatable bonds is 7. The highest BCUT2D eigenvalue weighted by Gasteiger charge is 2.45. The van der Waals surface area contributed by atoms with Gasteiger partial charge in [-0.2, -0.15) is 0 Å². The lowest BCUT2D eigenvalue weighted by Gasteiger charge is -2.21. The van der Waals surface area contributed by atoms with E-state index >= 15 is 0 Å². The Kier molecular flexibility index (Phi) is 8.40. The number of nitrogen functional groups attached to an aromatic ring is 1. The molecule has 0 unspecified atom stereocenters. The molecule has 3 rings (SSSR count). The van der Waals surface area contributed by atoms with E-state index in [4.69, 9.17) is 36.2 Å². The highest BCUT2D eigenvalue weighted by atomic mass is 31.2. The Labute approximate surface area is 176 Å². The number of imidazole rings is 1. The monoisotopic (exact) mass is 466 g/mol. The van der Waals surface area contributed by atoms with Gasteiger partial charge in [0.2, 0.25) is 0 Å². The molecule has 176 valence electrons. The number of aromatic nitrogens is 4. The Hall–Kier alpha value is -1.78. The fraction of sp³-hybridized carbons (Fsp3) is 0.667. The third-order valence-electron chi connectivity index (χ3n) is 4.74. The van der Waals surface area contributed by atoms with E-state index in [1.165, 1.54) is 17.2 Å². The van der Waals surface area contributed by atoms with Gasteiger partial charge >= 0.3 is 7.82 Å². The number of ether oxygens (including phenoxy) is 1. The van der Waals surface area contributed by atoms with Crippen LogP contribution in [0.15, 0.2) is 12.7 Å². The number of aliphatic hydroxyl groups is 4. The van der Waals surface area contributed by atoms with Crippen molar-refractivity contribution < 1.29 is 44.0 Å². The summed E-state index contributed by atoms with van der Waals surface area (Å²) in [5.74, 6) is 0.142. The van der Waals surface area contributed by atoms with Crippen LogP contribution in [0, 0.1) is 0 Å². The van der Waals surface area contributed by atoms with Crippen LogP contribution in [0.25, 0.3) is 11.2 Å². The third-order valence-corrected chi connectivity index (χ3v) is 5.22. The number of phosphoric acid groups is 1. The SMILES string of the molecule is CCC(N)(CO)CO.Nc1ncnc2c1ncn2[C@@H]1O[C@H](COP(=O)(O)O)[C@@H](O)[C@H]1O. The molecule has 2 aromatic rings. The quantitative estimate of drug-likeness (QED) is 0.192. The maximum Gasteiger partial charge on any atom is 0.469 e. The van der Waals surface area contributed by atoms with Gasteiger partial charge in [-0.05, 0) is 6.42 Å². The molecule has 10 N–H and O–H groups in total.